The summed E-state index contributed by atoms with van der Waals surface area (Å²) in [6.45, 7) is 9.55. The van der Waals surface area contributed by atoms with Gasteiger partial charge in [-0.25, -0.2) is 9.18 Å². The summed E-state index contributed by atoms with van der Waals surface area (Å²) in [5, 5.41) is 2.95. The summed E-state index contributed by atoms with van der Waals surface area (Å²) < 4.78 is 13.0. The van der Waals surface area contributed by atoms with Crippen LogP contribution in [-0.2, 0) is 6.42 Å². The molecule has 0 saturated carbocycles. The van der Waals surface area contributed by atoms with Gasteiger partial charge >= 0.3 is 6.03 Å². The van der Waals surface area contributed by atoms with Crippen molar-refractivity contribution in [2.24, 2.45) is 0 Å². The van der Waals surface area contributed by atoms with E-state index < -0.39 is 0 Å². The zero-order chi connectivity index (χ0) is 16.8. The van der Waals surface area contributed by atoms with Crippen LogP contribution in [0, 0.1) is 5.82 Å². The van der Waals surface area contributed by atoms with Gasteiger partial charge in [-0.15, -0.1) is 0 Å². The maximum atomic E-state index is 13.0. The fraction of sp³-hybridized carbons (Fsp3) is 0.611. The van der Waals surface area contributed by atoms with Crippen molar-refractivity contribution in [1.82, 2.24) is 15.1 Å². The van der Waals surface area contributed by atoms with Crippen LogP contribution in [0.5, 0.6) is 0 Å². The highest BCUT2D eigenvalue weighted by atomic mass is 19.1. The van der Waals surface area contributed by atoms with Gasteiger partial charge in [-0.1, -0.05) is 19.1 Å². The van der Waals surface area contributed by atoms with Gasteiger partial charge in [0.2, 0.25) is 0 Å². The Balaban J connectivity index is 1.87. The van der Waals surface area contributed by atoms with Crippen LogP contribution in [0.25, 0.3) is 0 Å². The average molecular weight is 321 g/mol. The molecule has 2 unspecified atom stereocenters. The number of nitrogens with zero attached hydrogens (tertiary/aromatic N) is 2. The smallest absolute Gasteiger partial charge is 0.317 e. The van der Waals surface area contributed by atoms with Crippen LogP contribution in [0.3, 0.4) is 0 Å². The van der Waals surface area contributed by atoms with Crippen LogP contribution in [0.2, 0.25) is 0 Å². The Kier molecular flexibility index (Phi) is 6.39. The molecule has 1 heterocycles. The van der Waals surface area contributed by atoms with Crippen LogP contribution in [0.4, 0.5) is 9.18 Å². The van der Waals surface area contributed by atoms with Gasteiger partial charge in [-0.2, -0.15) is 0 Å². The SMILES string of the molecule is CCCNC(=O)N1CC(C)N(CCc2ccc(F)cc2)C(C)C1. The number of nitrogens with one attached hydrogen (secondary N) is 1. The summed E-state index contributed by atoms with van der Waals surface area (Å²) in [4.78, 5) is 16.5. The molecule has 1 fully saturated rings. The van der Waals surface area contributed by atoms with Crippen LogP contribution >= 0.6 is 0 Å². The number of carbonyl (C=O) groups is 1. The van der Waals surface area contributed by atoms with Gasteiger partial charge < -0.3 is 10.2 Å². The third-order valence-corrected chi connectivity index (χ3v) is 4.49. The highest BCUT2D eigenvalue weighted by molar-refractivity contribution is 5.74. The Hall–Kier alpha value is -1.62. The average Bonchev–Trinajstić information content (AvgIpc) is 2.53. The van der Waals surface area contributed by atoms with E-state index in [0.717, 1.165) is 44.6 Å². The largest absolute Gasteiger partial charge is 0.338 e. The van der Waals surface area contributed by atoms with Gasteiger partial charge in [-0.3, -0.25) is 4.90 Å². The highest BCUT2D eigenvalue weighted by Gasteiger charge is 2.31. The van der Waals surface area contributed by atoms with E-state index in [-0.39, 0.29) is 11.8 Å². The number of benzene rings is 1. The minimum atomic E-state index is -0.192. The Morgan fingerprint density at radius 2 is 1.83 bits per heavy atom. The number of carbonyl (C=O) groups excluding carboxylic acids is 1. The molecule has 1 aromatic rings. The van der Waals surface area contributed by atoms with Crippen molar-refractivity contribution in [3.8, 4) is 0 Å². The molecule has 1 aliphatic heterocycles. The Morgan fingerprint density at radius 3 is 2.39 bits per heavy atom. The normalized spacial score (nSPS) is 22.2. The predicted octanol–water partition coefficient (Wildman–Crippen LogP) is 2.88. The van der Waals surface area contributed by atoms with E-state index in [1.165, 1.54) is 12.1 Å². The molecule has 0 aromatic heterocycles. The van der Waals surface area contributed by atoms with Crippen molar-refractivity contribution in [3.63, 3.8) is 0 Å². The van der Waals surface area contributed by atoms with Crippen LogP contribution in [0.15, 0.2) is 24.3 Å². The fourth-order valence-corrected chi connectivity index (χ4v) is 3.22. The molecule has 5 heteroatoms. The van der Waals surface area contributed by atoms with Crippen molar-refractivity contribution in [1.29, 1.82) is 0 Å². The molecule has 128 valence electrons. The number of urea groups is 1. The number of halogens is 1. The summed E-state index contributed by atoms with van der Waals surface area (Å²) in [6.07, 6.45) is 1.85. The minimum Gasteiger partial charge on any atom is -0.338 e. The summed E-state index contributed by atoms with van der Waals surface area (Å²) in [5.41, 5.74) is 1.15. The first-order valence-electron chi connectivity index (χ1n) is 8.54. The number of hydrogen-bond donors (Lipinski definition) is 1. The van der Waals surface area contributed by atoms with Crippen molar-refractivity contribution in [2.75, 3.05) is 26.2 Å². The van der Waals surface area contributed by atoms with Crippen molar-refractivity contribution >= 4 is 6.03 Å². The lowest BCUT2D eigenvalue weighted by Gasteiger charge is -2.44. The monoisotopic (exact) mass is 321 g/mol. The summed E-state index contributed by atoms with van der Waals surface area (Å²) in [5.74, 6) is -0.192. The Bertz CT molecular complexity index is 493. The Labute approximate surface area is 138 Å². The van der Waals surface area contributed by atoms with E-state index in [4.69, 9.17) is 0 Å². The second kappa shape index (κ2) is 8.29. The number of rotatable bonds is 5. The molecule has 2 rings (SSSR count). The maximum Gasteiger partial charge on any atom is 0.317 e. The molecule has 0 aliphatic carbocycles. The molecular weight excluding hydrogens is 293 g/mol. The van der Waals surface area contributed by atoms with Crippen molar-refractivity contribution in [2.45, 2.75) is 45.7 Å². The van der Waals surface area contributed by atoms with Gasteiger partial charge in [-0.05, 0) is 44.4 Å². The van der Waals surface area contributed by atoms with E-state index >= 15 is 0 Å². The van der Waals surface area contributed by atoms with Crippen LogP contribution in [0.1, 0.15) is 32.8 Å². The summed E-state index contributed by atoms with van der Waals surface area (Å²) in [6, 6.07) is 7.41. The summed E-state index contributed by atoms with van der Waals surface area (Å²) >= 11 is 0. The third-order valence-electron chi connectivity index (χ3n) is 4.49. The van der Waals surface area contributed by atoms with Gasteiger partial charge in [0.15, 0.2) is 0 Å². The molecule has 1 aromatic carbocycles. The van der Waals surface area contributed by atoms with Crippen molar-refractivity contribution in [3.05, 3.63) is 35.6 Å². The second-order valence-corrected chi connectivity index (χ2v) is 6.45. The quantitative estimate of drug-likeness (QED) is 0.905. The summed E-state index contributed by atoms with van der Waals surface area (Å²) in [7, 11) is 0. The molecular formula is C18H28FN3O. The van der Waals surface area contributed by atoms with Crippen molar-refractivity contribution < 1.29 is 9.18 Å². The molecule has 0 radical (unpaired) electrons. The third kappa shape index (κ3) is 4.93. The molecule has 0 spiro atoms. The van der Waals surface area contributed by atoms with E-state index in [1.807, 2.05) is 17.0 Å². The van der Waals surface area contributed by atoms with Crippen LogP contribution < -0.4 is 5.32 Å². The second-order valence-electron chi connectivity index (χ2n) is 6.45. The number of hydrogen-bond acceptors (Lipinski definition) is 2. The lowest BCUT2D eigenvalue weighted by molar-refractivity contribution is 0.0564. The molecule has 1 N–H and O–H groups in total. The molecule has 2 atom stereocenters. The van der Waals surface area contributed by atoms with E-state index in [9.17, 15) is 9.18 Å². The highest BCUT2D eigenvalue weighted by Crippen LogP contribution is 2.17. The first kappa shape index (κ1) is 17.7. The molecule has 1 saturated heterocycles. The maximum absolute atomic E-state index is 13.0. The molecule has 2 amide bonds. The predicted molar refractivity (Wildman–Crippen MR) is 91.0 cm³/mol. The fourth-order valence-electron chi connectivity index (χ4n) is 3.22. The molecule has 23 heavy (non-hydrogen) atoms. The van der Waals surface area contributed by atoms with Crippen LogP contribution in [-0.4, -0.2) is 54.1 Å². The number of piperazine rings is 1. The standard InChI is InChI=1S/C18H28FN3O/c1-4-10-20-18(23)21-12-14(2)22(15(3)13-21)11-9-16-5-7-17(19)8-6-16/h5-8,14-15H,4,9-13H2,1-3H3,(H,20,23). The van der Waals surface area contributed by atoms with E-state index in [1.54, 1.807) is 0 Å². The zero-order valence-electron chi connectivity index (χ0n) is 14.4. The van der Waals surface area contributed by atoms with Gasteiger partial charge in [0.05, 0.1) is 0 Å². The minimum absolute atomic E-state index is 0.0451. The first-order valence-corrected chi connectivity index (χ1v) is 8.54. The van der Waals surface area contributed by atoms with Gasteiger partial charge in [0.25, 0.3) is 0 Å². The lowest BCUT2D eigenvalue weighted by Crippen LogP contribution is -2.60. The first-order chi connectivity index (χ1) is 11.0. The number of amides is 2. The topological polar surface area (TPSA) is 35.6 Å². The van der Waals surface area contributed by atoms with E-state index in [2.05, 4.69) is 31.0 Å². The molecule has 4 nitrogen and oxygen atoms in total. The Morgan fingerprint density at radius 1 is 1.22 bits per heavy atom. The van der Waals surface area contributed by atoms with E-state index in [0.29, 0.717) is 12.1 Å². The molecule has 1 aliphatic rings. The lowest BCUT2D eigenvalue weighted by atomic mass is 10.1. The zero-order valence-corrected chi connectivity index (χ0v) is 14.4. The van der Waals surface area contributed by atoms with Gasteiger partial charge in [0.1, 0.15) is 5.82 Å². The van der Waals surface area contributed by atoms with Gasteiger partial charge in [0, 0.05) is 38.3 Å². The molecule has 0 bridgehead atoms.